The Morgan fingerprint density at radius 3 is 2.70 bits per heavy atom. The highest BCUT2D eigenvalue weighted by molar-refractivity contribution is 7.80. The van der Waals surface area contributed by atoms with Crippen molar-refractivity contribution in [1.29, 1.82) is 0 Å². The summed E-state index contributed by atoms with van der Waals surface area (Å²) in [6, 6.07) is 0.394. The Kier molecular flexibility index (Phi) is 5.60. The molecule has 0 spiro atoms. The Bertz CT molecular complexity index is 358. The van der Waals surface area contributed by atoms with Crippen LogP contribution in [-0.2, 0) is 9.53 Å². The van der Waals surface area contributed by atoms with Crippen LogP contribution in [0.2, 0.25) is 0 Å². The monoisotopic (exact) mass is 299 g/mol. The van der Waals surface area contributed by atoms with Crippen LogP contribution in [0.4, 0.5) is 0 Å². The van der Waals surface area contributed by atoms with E-state index in [4.69, 9.17) is 17.0 Å². The fraction of sp³-hybridized carbons (Fsp3) is 0.857. The molecule has 0 radical (unpaired) electrons. The molecule has 4 unspecified atom stereocenters. The lowest BCUT2D eigenvalue weighted by Crippen LogP contribution is -2.53. The van der Waals surface area contributed by atoms with Crippen molar-refractivity contribution in [1.82, 2.24) is 16.2 Å². The predicted octanol–water partition coefficient (Wildman–Crippen LogP) is 1.34. The second-order valence-corrected chi connectivity index (χ2v) is 6.43. The minimum absolute atomic E-state index is 0.0447. The van der Waals surface area contributed by atoms with E-state index in [2.05, 4.69) is 30.0 Å². The van der Waals surface area contributed by atoms with Gasteiger partial charge < -0.3 is 10.1 Å². The van der Waals surface area contributed by atoms with E-state index in [1.165, 1.54) is 12.8 Å². The first-order chi connectivity index (χ1) is 9.58. The number of carbonyl (C=O) groups is 1. The maximum absolute atomic E-state index is 11.8. The number of hydrogen-bond donors (Lipinski definition) is 3. The fourth-order valence-corrected chi connectivity index (χ4v) is 3.15. The molecular weight excluding hydrogens is 274 g/mol. The van der Waals surface area contributed by atoms with E-state index in [0.717, 1.165) is 12.8 Å². The molecule has 0 aromatic rings. The fourth-order valence-electron chi connectivity index (χ4n) is 2.95. The average molecular weight is 299 g/mol. The largest absolute Gasteiger partial charge is 0.381 e. The first-order valence-corrected chi connectivity index (χ1v) is 7.93. The summed E-state index contributed by atoms with van der Waals surface area (Å²) in [5.74, 6) is 1.22. The zero-order valence-electron chi connectivity index (χ0n) is 12.3. The summed E-state index contributed by atoms with van der Waals surface area (Å²) < 4.78 is 5.20. The van der Waals surface area contributed by atoms with Crippen LogP contribution >= 0.6 is 12.2 Å². The lowest BCUT2D eigenvalue weighted by Gasteiger charge is -2.35. The molecule has 2 rings (SSSR count). The smallest absolute Gasteiger partial charge is 0.243 e. The Morgan fingerprint density at radius 2 is 2.00 bits per heavy atom. The molecule has 1 aliphatic heterocycles. The van der Waals surface area contributed by atoms with Crippen LogP contribution in [0.1, 0.15) is 39.5 Å². The van der Waals surface area contributed by atoms with Crippen LogP contribution in [0.5, 0.6) is 0 Å². The first-order valence-electron chi connectivity index (χ1n) is 7.52. The molecule has 3 N–H and O–H groups in total. The second-order valence-electron chi connectivity index (χ2n) is 6.02. The summed E-state index contributed by atoms with van der Waals surface area (Å²) in [7, 11) is 0. The minimum Gasteiger partial charge on any atom is -0.381 e. The average Bonchev–Trinajstić information content (AvgIpc) is 2.95. The van der Waals surface area contributed by atoms with Gasteiger partial charge in [-0.15, -0.1) is 0 Å². The highest BCUT2D eigenvalue weighted by Gasteiger charge is 2.28. The van der Waals surface area contributed by atoms with Gasteiger partial charge in [-0.1, -0.05) is 26.7 Å². The molecule has 1 saturated carbocycles. The molecule has 0 aromatic heterocycles. The van der Waals surface area contributed by atoms with E-state index >= 15 is 0 Å². The lowest BCUT2D eigenvalue weighted by molar-refractivity contribution is -0.125. The molecule has 1 amide bonds. The van der Waals surface area contributed by atoms with Crippen LogP contribution in [0.15, 0.2) is 0 Å². The van der Waals surface area contributed by atoms with Gasteiger partial charge in [0.15, 0.2) is 5.11 Å². The van der Waals surface area contributed by atoms with Crippen LogP contribution in [0.3, 0.4) is 0 Å². The van der Waals surface area contributed by atoms with Gasteiger partial charge in [-0.2, -0.15) is 0 Å². The summed E-state index contributed by atoms with van der Waals surface area (Å²) >= 11 is 5.25. The number of hydrogen-bond acceptors (Lipinski definition) is 3. The van der Waals surface area contributed by atoms with Crippen molar-refractivity contribution in [3.8, 4) is 0 Å². The van der Waals surface area contributed by atoms with Crippen LogP contribution in [0, 0.1) is 17.8 Å². The lowest BCUT2D eigenvalue weighted by atomic mass is 9.78. The number of carbonyl (C=O) groups excluding carboxylic acids is 1. The maximum atomic E-state index is 11.8. The predicted molar refractivity (Wildman–Crippen MR) is 81.9 cm³/mol. The van der Waals surface area contributed by atoms with Gasteiger partial charge in [0.1, 0.15) is 0 Å². The van der Waals surface area contributed by atoms with Gasteiger partial charge in [0.25, 0.3) is 0 Å². The molecule has 1 aliphatic carbocycles. The van der Waals surface area contributed by atoms with Gasteiger partial charge in [-0.3, -0.25) is 15.6 Å². The standard InChI is InChI=1S/C14H25N3O2S/c1-9-4-3-5-12(10(9)2)15-14(20)17-16-13(18)11-6-7-19-8-11/h9-12H,3-8H2,1-2H3,(H,16,18)(H2,15,17,20). The molecule has 6 heteroatoms. The van der Waals surface area contributed by atoms with Crippen molar-refractivity contribution < 1.29 is 9.53 Å². The third kappa shape index (κ3) is 4.06. The Morgan fingerprint density at radius 1 is 1.20 bits per heavy atom. The van der Waals surface area contributed by atoms with Gasteiger partial charge in [-0.25, -0.2) is 0 Å². The zero-order chi connectivity index (χ0) is 14.5. The molecule has 114 valence electrons. The Labute approximate surface area is 126 Å². The van der Waals surface area contributed by atoms with Crippen molar-refractivity contribution in [2.24, 2.45) is 17.8 Å². The Balaban J connectivity index is 1.70. The van der Waals surface area contributed by atoms with Crippen molar-refractivity contribution >= 4 is 23.2 Å². The minimum atomic E-state index is -0.0565. The molecule has 0 bridgehead atoms. The van der Waals surface area contributed by atoms with Gasteiger partial charge in [0.05, 0.1) is 12.5 Å². The molecule has 1 heterocycles. The van der Waals surface area contributed by atoms with Crippen molar-refractivity contribution in [2.75, 3.05) is 13.2 Å². The van der Waals surface area contributed by atoms with Crippen molar-refractivity contribution in [3.05, 3.63) is 0 Å². The molecule has 0 aromatic carbocycles. The molecule has 2 aliphatic rings. The summed E-state index contributed by atoms with van der Waals surface area (Å²) in [5, 5.41) is 3.82. The number of ether oxygens (including phenoxy) is 1. The molecule has 5 nitrogen and oxygen atoms in total. The van der Waals surface area contributed by atoms with E-state index < -0.39 is 0 Å². The van der Waals surface area contributed by atoms with Gasteiger partial charge in [-0.05, 0) is 36.9 Å². The number of hydrazine groups is 1. The zero-order valence-corrected chi connectivity index (χ0v) is 13.1. The quantitative estimate of drug-likeness (QED) is 0.530. The third-order valence-corrected chi connectivity index (χ3v) is 4.84. The summed E-state index contributed by atoms with van der Waals surface area (Å²) in [6.07, 6.45) is 4.44. The number of amides is 1. The summed E-state index contributed by atoms with van der Waals surface area (Å²) in [5.41, 5.74) is 5.47. The maximum Gasteiger partial charge on any atom is 0.243 e. The molecule has 20 heavy (non-hydrogen) atoms. The summed E-state index contributed by atoms with van der Waals surface area (Å²) in [6.45, 7) is 5.72. The van der Waals surface area contributed by atoms with Crippen molar-refractivity contribution in [3.63, 3.8) is 0 Å². The van der Waals surface area contributed by atoms with Crippen LogP contribution in [0.25, 0.3) is 0 Å². The molecule has 2 fully saturated rings. The third-order valence-electron chi connectivity index (χ3n) is 4.62. The summed E-state index contributed by atoms with van der Waals surface area (Å²) in [4.78, 5) is 11.8. The Hall–Kier alpha value is -0.880. The molecule has 1 saturated heterocycles. The SMILES string of the molecule is CC1CCCC(NC(=S)NNC(=O)C2CCOC2)C1C. The van der Waals surface area contributed by atoms with Gasteiger partial charge in [0.2, 0.25) is 5.91 Å². The number of nitrogens with one attached hydrogen (secondary N) is 3. The van der Waals surface area contributed by atoms with E-state index in [1.54, 1.807) is 0 Å². The van der Waals surface area contributed by atoms with Crippen LogP contribution < -0.4 is 16.2 Å². The van der Waals surface area contributed by atoms with E-state index in [1.807, 2.05) is 0 Å². The highest BCUT2D eigenvalue weighted by Crippen LogP contribution is 2.29. The second kappa shape index (κ2) is 7.22. The topological polar surface area (TPSA) is 62.4 Å². The van der Waals surface area contributed by atoms with Crippen LogP contribution in [-0.4, -0.2) is 30.3 Å². The van der Waals surface area contributed by atoms with E-state index in [9.17, 15) is 4.79 Å². The van der Waals surface area contributed by atoms with E-state index in [0.29, 0.717) is 36.2 Å². The normalized spacial score (nSPS) is 33.5. The van der Waals surface area contributed by atoms with E-state index in [-0.39, 0.29) is 11.8 Å². The molecular formula is C14H25N3O2S. The number of rotatable bonds is 2. The first kappa shape index (κ1) is 15.5. The highest BCUT2D eigenvalue weighted by atomic mass is 32.1. The van der Waals surface area contributed by atoms with Crippen molar-refractivity contribution in [2.45, 2.75) is 45.6 Å². The number of thiocarbonyl (C=S) groups is 1. The molecule has 4 atom stereocenters. The van der Waals surface area contributed by atoms with Gasteiger partial charge in [0, 0.05) is 12.6 Å². The van der Waals surface area contributed by atoms with Gasteiger partial charge >= 0.3 is 0 Å².